The fourth-order valence-corrected chi connectivity index (χ4v) is 3.29. The minimum Gasteiger partial charge on any atom is -0.480 e. The average molecular weight is 475 g/mol. The fraction of sp³-hybridized carbons (Fsp3) is 0.864. The van der Waals surface area contributed by atoms with Crippen LogP contribution in [0.4, 0.5) is 0 Å². The minimum atomic E-state index is -0.730. The van der Waals surface area contributed by atoms with E-state index in [9.17, 15) is 14.4 Å². The number of carbonyl (C=O) groups excluding carboxylic acids is 1. The van der Waals surface area contributed by atoms with E-state index in [0.29, 0.717) is 0 Å². The Balaban J connectivity index is 0.000000228. The quantitative estimate of drug-likeness (QED) is 0.268. The summed E-state index contributed by atoms with van der Waals surface area (Å²) in [5.41, 5.74) is -0.360. The molecule has 192 valence electrons. The van der Waals surface area contributed by atoms with Crippen molar-refractivity contribution in [3.05, 3.63) is 0 Å². The summed E-state index contributed by atoms with van der Waals surface area (Å²) in [4.78, 5) is 31.4. The van der Waals surface area contributed by atoms with Gasteiger partial charge in [0.1, 0.15) is 23.7 Å². The number of aliphatic hydroxyl groups excluding tert-OH is 1. The molecule has 0 radical (unpaired) electrons. The highest BCUT2D eigenvalue weighted by molar-refractivity contribution is 5.76. The molecule has 4 heterocycles. The minimum absolute atomic E-state index is 0.0648. The van der Waals surface area contributed by atoms with E-state index in [2.05, 4.69) is 21.3 Å². The van der Waals surface area contributed by atoms with Crippen molar-refractivity contribution in [1.29, 1.82) is 0 Å². The molecule has 0 aromatic carbocycles. The molecule has 0 bridgehead atoms. The van der Waals surface area contributed by atoms with Gasteiger partial charge in [0.2, 0.25) is 0 Å². The van der Waals surface area contributed by atoms with Crippen LogP contribution in [0.15, 0.2) is 0 Å². The Labute approximate surface area is 196 Å². The molecular weight excluding hydrogens is 432 g/mol. The van der Waals surface area contributed by atoms with Crippen molar-refractivity contribution in [2.45, 2.75) is 89.1 Å². The Morgan fingerprint density at radius 1 is 0.758 bits per heavy atom. The van der Waals surface area contributed by atoms with Crippen molar-refractivity contribution in [3.63, 3.8) is 0 Å². The molecule has 0 aromatic heterocycles. The zero-order valence-electron chi connectivity index (χ0n) is 20.1. The summed E-state index contributed by atoms with van der Waals surface area (Å²) < 4.78 is 5.22. The number of ether oxygens (including phenoxy) is 1. The van der Waals surface area contributed by atoms with Crippen LogP contribution in [0.25, 0.3) is 0 Å². The van der Waals surface area contributed by atoms with Gasteiger partial charge >= 0.3 is 17.9 Å². The molecule has 0 aliphatic carbocycles. The molecule has 4 saturated heterocycles. The lowest BCUT2D eigenvalue weighted by molar-refractivity contribution is -0.157. The van der Waals surface area contributed by atoms with Gasteiger partial charge in [-0.3, -0.25) is 14.4 Å². The van der Waals surface area contributed by atoms with Crippen LogP contribution in [0.5, 0.6) is 0 Å². The first-order valence-electron chi connectivity index (χ1n) is 11.8. The normalized spacial score (nSPS) is 28.0. The van der Waals surface area contributed by atoms with Crippen molar-refractivity contribution < 1.29 is 34.4 Å². The molecule has 11 nitrogen and oxygen atoms in total. The van der Waals surface area contributed by atoms with Gasteiger partial charge in [-0.05, 0) is 85.5 Å². The smallest absolute Gasteiger partial charge is 0.323 e. The molecule has 3 unspecified atom stereocenters. The number of aliphatic carboxylic acids is 2. The summed E-state index contributed by atoms with van der Waals surface area (Å²) >= 11 is 0. The Morgan fingerprint density at radius 2 is 1.24 bits per heavy atom. The molecule has 0 saturated carbocycles. The highest BCUT2D eigenvalue weighted by Crippen LogP contribution is 2.13. The second-order valence-electron chi connectivity index (χ2n) is 9.45. The standard InChI is InChI=1S/C9H17NO2.C5H9NO2.C4H7NO2.C4H9NO/c1-9(2,3)12-8(11)7-5-4-6-10-7;7-5(8)4-2-1-3-6-4;6-4(7)3-1-2-5-3;6-4-1-2-5-3-4/h7,10H,4-6H2,1-3H3;4,6H,1-3H2,(H,7,8);3,5H,1-2H2,(H,6,7);4-6H,1-3H2/t;;;4-/m...1/s1. The Kier molecular flexibility index (Phi) is 13.4. The number of hydrogen-bond acceptors (Lipinski definition) is 9. The van der Waals surface area contributed by atoms with Crippen molar-refractivity contribution in [2.24, 2.45) is 0 Å². The number of esters is 1. The maximum atomic E-state index is 11.4. The zero-order valence-corrected chi connectivity index (χ0v) is 20.1. The summed E-state index contributed by atoms with van der Waals surface area (Å²) in [6, 6.07) is -0.584. The molecule has 33 heavy (non-hydrogen) atoms. The second kappa shape index (κ2) is 15.2. The van der Waals surface area contributed by atoms with E-state index < -0.39 is 11.9 Å². The first-order chi connectivity index (χ1) is 15.5. The van der Waals surface area contributed by atoms with Crippen LogP contribution in [0.2, 0.25) is 0 Å². The number of carbonyl (C=O) groups is 3. The fourth-order valence-electron chi connectivity index (χ4n) is 3.29. The summed E-state index contributed by atoms with van der Waals surface area (Å²) in [5.74, 6) is -1.56. The molecule has 0 aromatic rings. The van der Waals surface area contributed by atoms with Gasteiger partial charge in [0.25, 0.3) is 0 Å². The van der Waals surface area contributed by atoms with Crippen LogP contribution in [-0.4, -0.2) is 95.8 Å². The molecule has 4 aliphatic rings. The van der Waals surface area contributed by atoms with Crippen molar-refractivity contribution in [1.82, 2.24) is 21.3 Å². The lowest BCUT2D eigenvalue weighted by Crippen LogP contribution is -2.48. The number of β-amino-alcohol motifs (C(OH)–C–C–N with tert-alkyl or cyclic N) is 1. The third-order valence-corrected chi connectivity index (χ3v) is 5.27. The zero-order chi connectivity index (χ0) is 24.9. The van der Waals surface area contributed by atoms with Crippen LogP contribution in [-0.2, 0) is 19.1 Å². The molecule has 0 amide bonds. The summed E-state index contributed by atoms with van der Waals surface area (Å²) in [6.45, 7) is 10.1. The number of carboxylic acids is 2. The molecule has 4 fully saturated rings. The lowest BCUT2D eigenvalue weighted by Gasteiger charge is -2.22. The summed E-state index contributed by atoms with van der Waals surface area (Å²) in [7, 11) is 0. The predicted octanol–water partition coefficient (Wildman–Crippen LogP) is -0.323. The number of rotatable bonds is 3. The van der Waals surface area contributed by atoms with Gasteiger partial charge in [0, 0.05) is 6.54 Å². The van der Waals surface area contributed by atoms with Crippen LogP contribution >= 0.6 is 0 Å². The average Bonchev–Trinajstić information content (AvgIpc) is 3.43. The monoisotopic (exact) mass is 474 g/mol. The SMILES string of the molecule is CC(C)(C)OC(=O)C1CCCN1.O=C(O)C1CCCN1.O=C(O)C1CCN1.O[C@@H]1CCNC1. The Bertz CT molecular complexity index is 590. The number of aliphatic hydroxyl groups is 1. The van der Waals surface area contributed by atoms with E-state index in [1.54, 1.807) is 0 Å². The van der Waals surface area contributed by atoms with Gasteiger partial charge < -0.3 is 41.3 Å². The topological polar surface area (TPSA) is 169 Å². The molecular formula is C22H42N4O7. The van der Waals surface area contributed by atoms with E-state index in [1.807, 2.05) is 20.8 Å². The second-order valence-corrected chi connectivity index (χ2v) is 9.45. The van der Waals surface area contributed by atoms with E-state index in [4.69, 9.17) is 20.1 Å². The number of nitrogens with one attached hydrogen (secondary N) is 4. The van der Waals surface area contributed by atoms with Gasteiger partial charge in [-0.15, -0.1) is 0 Å². The first-order valence-corrected chi connectivity index (χ1v) is 11.8. The summed E-state index contributed by atoms with van der Waals surface area (Å²) in [5, 5.41) is 36.9. The lowest BCUT2D eigenvalue weighted by atomic mass is 10.1. The van der Waals surface area contributed by atoms with E-state index in [1.165, 1.54) is 0 Å². The molecule has 7 N–H and O–H groups in total. The van der Waals surface area contributed by atoms with Crippen molar-refractivity contribution in [3.8, 4) is 0 Å². The Morgan fingerprint density at radius 3 is 1.45 bits per heavy atom. The largest absolute Gasteiger partial charge is 0.480 e. The number of carboxylic acid groups (broad SMARTS) is 2. The van der Waals surface area contributed by atoms with E-state index >= 15 is 0 Å². The third-order valence-electron chi connectivity index (χ3n) is 5.27. The van der Waals surface area contributed by atoms with Gasteiger partial charge in [0.15, 0.2) is 0 Å². The van der Waals surface area contributed by atoms with Crippen LogP contribution in [0, 0.1) is 0 Å². The summed E-state index contributed by atoms with van der Waals surface area (Å²) in [6.07, 6.45) is 5.42. The maximum absolute atomic E-state index is 11.4. The van der Waals surface area contributed by atoms with Gasteiger partial charge in [0.05, 0.1) is 6.10 Å². The van der Waals surface area contributed by atoms with Crippen LogP contribution < -0.4 is 21.3 Å². The van der Waals surface area contributed by atoms with Gasteiger partial charge in [-0.1, -0.05) is 0 Å². The number of hydrogen-bond donors (Lipinski definition) is 7. The van der Waals surface area contributed by atoms with Crippen molar-refractivity contribution in [2.75, 3.05) is 32.7 Å². The molecule has 4 rings (SSSR count). The highest BCUT2D eigenvalue weighted by Gasteiger charge is 2.27. The van der Waals surface area contributed by atoms with Crippen molar-refractivity contribution >= 4 is 17.9 Å². The predicted molar refractivity (Wildman–Crippen MR) is 123 cm³/mol. The molecule has 4 aliphatic heterocycles. The van der Waals surface area contributed by atoms with Gasteiger partial charge in [-0.25, -0.2) is 0 Å². The van der Waals surface area contributed by atoms with Crippen LogP contribution in [0.1, 0.15) is 59.3 Å². The Hall–Kier alpha value is -1.79. The third kappa shape index (κ3) is 13.5. The molecule has 4 atom stereocenters. The highest BCUT2D eigenvalue weighted by atomic mass is 16.6. The first kappa shape index (κ1) is 29.2. The molecule has 11 heteroatoms. The molecule has 0 spiro atoms. The van der Waals surface area contributed by atoms with Crippen LogP contribution in [0.3, 0.4) is 0 Å². The van der Waals surface area contributed by atoms with E-state index in [0.717, 1.165) is 71.2 Å². The van der Waals surface area contributed by atoms with Gasteiger partial charge in [-0.2, -0.15) is 0 Å². The maximum Gasteiger partial charge on any atom is 0.323 e. The van der Waals surface area contributed by atoms with E-state index in [-0.39, 0.29) is 35.8 Å².